The third-order valence-corrected chi connectivity index (χ3v) is 4.12. The Morgan fingerprint density at radius 1 is 1.43 bits per heavy atom. The summed E-state index contributed by atoms with van der Waals surface area (Å²) in [4.78, 5) is 23.6. The van der Waals surface area contributed by atoms with Crippen molar-refractivity contribution < 1.29 is 9.90 Å². The standard InChI is InChI=1S/C13H18N6O2/c14-11-10-12(16-7-15-10)19(8-17-11)6-3-9-1-4-18(5-2-9)13(20)21/h7-9,14H,1-6H2,(H,15,16)(H,20,21). The molecule has 2 aromatic heterocycles. The van der Waals surface area contributed by atoms with Gasteiger partial charge in [-0.3, -0.25) is 5.41 Å². The molecule has 0 atom stereocenters. The number of amides is 1. The highest BCUT2D eigenvalue weighted by molar-refractivity contribution is 5.68. The number of aromatic amines is 1. The first-order chi connectivity index (χ1) is 10.1. The van der Waals surface area contributed by atoms with Crippen LogP contribution in [-0.2, 0) is 6.54 Å². The van der Waals surface area contributed by atoms with Gasteiger partial charge in [0.25, 0.3) is 0 Å². The number of carbonyl (C=O) groups is 1. The summed E-state index contributed by atoms with van der Waals surface area (Å²) < 4.78 is 1.95. The van der Waals surface area contributed by atoms with Crippen LogP contribution in [0.1, 0.15) is 19.3 Å². The maximum Gasteiger partial charge on any atom is 0.407 e. The zero-order valence-corrected chi connectivity index (χ0v) is 11.6. The van der Waals surface area contributed by atoms with Crippen molar-refractivity contribution in [2.45, 2.75) is 25.8 Å². The summed E-state index contributed by atoms with van der Waals surface area (Å²) in [6.07, 6.45) is 5.18. The van der Waals surface area contributed by atoms with Crippen LogP contribution < -0.4 is 5.49 Å². The molecule has 2 aromatic rings. The van der Waals surface area contributed by atoms with Gasteiger partial charge in [-0.25, -0.2) is 14.8 Å². The highest BCUT2D eigenvalue weighted by Gasteiger charge is 2.22. The lowest BCUT2D eigenvalue weighted by molar-refractivity contribution is 0.122. The third-order valence-electron chi connectivity index (χ3n) is 4.12. The normalized spacial score (nSPS) is 16.5. The van der Waals surface area contributed by atoms with Gasteiger partial charge < -0.3 is 19.6 Å². The average Bonchev–Trinajstić information content (AvgIpc) is 2.97. The summed E-state index contributed by atoms with van der Waals surface area (Å²) in [5.74, 6) is 0.526. The van der Waals surface area contributed by atoms with E-state index in [-0.39, 0.29) is 5.49 Å². The molecule has 0 aromatic carbocycles. The molecule has 0 bridgehead atoms. The Morgan fingerprint density at radius 2 is 2.19 bits per heavy atom. The van der Waals surface area contributed by atoms with E-state index in [1.807, 2.05) is 4.57 Å². The average molecular weight is 290 g/mol. The van der Waals surface area contributed by atoms with Crippen molar-refractivity contribution in [3.63, 3.8) is 0 Å². The summed E-state index contributed by atoms with van der Waals surface area (Å²) in [5.41, 5.74) is 1.60. The van der Waals surface area contributed by atoms with Gasteiger partial charge in [0.15, 0.2) is 11.1 Å². The Balaban J connectivity index is 1.63. The zero-order chi connectivity index (χ0) is 14.8. The van der Waals surface area contributed by atoms with Crippen LogP contribution in [0.15, 0.2) is 12.7 Å². The molecule has 8 heteroatoms. The van der Waals surface area contributed by atoms with E-state index in [9.17, 15) is 4.79 Å². The fourth-order valence-corrected chi connectivity index (χ4v) is 2.82. The number of piperidine rings is 1. The van der Waals surface area contributed by atoms with E-state index in [0.29, 0.717) is 24.5 Å². The van der Waals surface area contributed by atoms with Gasteiger partial charge in [0.05, 0.1) is 12.7 Å². The molecule has 1 aliphatic rings. The topological polar surface area (TPSA) is 111 Å². The maximum atomic E-state index is 10.9. The van der Waals surface area contributed by atoms with Crippen LogP contribution in [0, 0.1) is 11.3 Å². The van der Waals surface area contributed by atoms with Crippen LogP contribution in [0.5, 0.6) is 0 Å². The molecule has 3 rings (SSSR count). The summed E-state index contributed by atoms with van der Waals surface area (Å²) in [6.45, 7) is 2.02. The Hall–Kier alpha value is -2.38. The summed E-state index contributed by atoms with van der Waals surface area (Å²) in [7, 11) is 0. The summed E-state index contributed by atoms with van der Waals surface area (Å²) in [5, 5.41) is 16.6. The first kappa shape index (κ1) is 13.6. The van der Waals surface area contributed by atoms with Gasteiger partial charge in [-0.2, -0.15) is 0 Å². The molecule has 3 heterocycles. The van der Waals surface area contributed by atoms with Crippen molar-refractivity contribution >= 4 is 17.3 Å². The molecule has 1 fully saturated rings. The molecule has 0 aliphatic carbocycles. The van der Waals surface area contributed by atoms with Crippen molar-refractivity contribution in [2.24, 2.45) is 5.92 Å². The minimum Gasteiger partial charge on any atom is -0.465 e. The zero-order valence-electron chi connectivity index (χ0n) is 11.6. The van der Waals surface area contributed by atoms with E-state index in [1.165, 1.54) is 4.90 Å². The molecular formula is C13H18N6O2. The lowest BCUT2D eigenvalue weighted by Gasteiger charge is -2.30. The van der Waals surface area contributed by atoms with Crippen molar-refractivity contribution in [1.29, 1.82) is 5.41 Å². The highest BCUT2D eigenvalue weighted by Crippen LogP contribution is 2.21. The monoisotopic (exact) mass is 290 g/mol. The van der Waals surface area contributed by atoms with E-state index in [1.54, 1.807) is 12.7 Å². The first-order valence-electron chi connectivity index (χ1n) is 7.06. The molecule has 21 heavy (non-hydrogen) atoms. The number of fused-ring (bicyclic) bond motifs is 1. The fourth-order valence-electron chi connectivity index (χ4n) is 2.82. The van der Waals surface area contributed by atoms with Crippen molar-refractivity contribution in [3.05, 3.63) is 18.1 Å². The predicted octanol–water partition coefficient (Wildman–Crippen LogP) is 1.02. The maximum absolute atomic E-state index is 10.9. The minimum absolute atomic E-state index is 0.202. The van der Waals surface area contributed by atoms with Gasteiger partial charge >= 0.3 is 6.09 Å². The molecule has 3 N–H and O–H groups in total. The van der Waals surface area contributed by atoms with Crippen LogP contribution >= 0.6 is 0 Å². The Kier molecular flexibility index (Phi) is 3.59. The number of aryl methyl sites for hydroxylation is 1. The van der Waals surface area contributed by atoms with Crippen LogP contribution in [0.4, 0.5) is 4.79 Å². The molecule has 0 spiro atoms. The van der Waals surface area contributed by atoms with Crippen LogP contribution in [0.2, 0.25) is 0 Å². The number of imidazole rings is 1. The second kappa shape index (κ2) is 5.55. The Labute approximate surface area is 121 Å². The smallest absolute Gasteiger partial charge is 0.407 e. The van der Waals surface area contributed by atoms with Gasteiger partial charge in [-0.1, -0.05) is 0 Å². The molecule has 1 amide bonds. The lowest BCUT2D eigenvalue weighted by atomic mass is 9.94. The molecule has 0 radical (unpaired) electrons. The van der Waals surface area contributed by atoms with Crippen molar-refractivity contribution in [2.75, 3.05) is 13.1 Å². The molecule has 1 saturated heterocycles. The highest BCUT2D eigenvalue weighted by atomic mass is 16.4. The van der Waals surface area contributed by atoms with E-state index < -0.39 is 6.09 Å². The molecular weight excluding hydrogens is 272 g/mol. The van der Waals surface area contributed by atoms with E-state index in [0.717, 1.165) is 31.5 Å². The van der Waals surface area contributed by atoms with Gasteiger partial charge in [0.1, 0.15) is 5.52 Å². The number of hydrogen-bond donors (Lipinski definition) is 3. The lowest BCUT2D eigenvalue weighted by Crippen LogP contribution is -2.37. The summed E-state index contributed by atoms with van der Waals surface area (Å²) >= 11 is 0. The quantitative estimate of drug-likeness (QED) is 0.783. The van der Waals surface area contributed by atoms with Gasteiger partial charge in [0.2, 0.25) is 0 Å². The molecule has 0 saturated carbocycles. The molecule has 8 nitrogen and oxygen atoms in total. The number of nitrogens with one attached hydrogen (secondary N) is 2. The number of rotatable bonds is 3. The third kappa shape index (κ3) is 2.74. The van der Waals surface area contributed by atoms with Crippen LogP contribution in [0.25, 0.3) is 11.2 Å². The number of likely N-dealkylation sites (tertiary alicyclic amines) is 1. The number of hydrogen-bond acceptors (Lipinski definition) is 4. The largest absolute Gasteiger partial charge is 0.465 e. The van der Waals surface area contributed by atoms with Crippen molar-refractivity contribution in [1.82, 2.24) is 24.4 Å². The van der Waals surface area contributed by atoms with Crippen molar-refractivity contribution in [3.8, 4) is 0 Å². The SMILES string of the molecule is N=c1ncn(CCC2CCN(C(=O)O)CC2)c2nc[nH]c12. The molecule has 0 unspecified atom stereocenters. The number of H-pyrrole nitrogens is 1. The number of carboxylic acid groups (broad SMARTS) is 1. The fraction of sp³-hybridized carbons (Fsp3) is 0.538. The predicted molar refractivity (Wildman–Crippen MR) is 74.7 cm³/mol. The van der Waals surface area contributed by atoms with Crippen LogP contribution in [0.3, 0.4) is 0 Å². The van der Waals surface area contributed by atoms with Gasteiger partial charge in [-0.15, -0.1) is 0 Å². The number of nitrogens with zero attached hydrogens (tertiary/aromatic N) is 4. The van der Waals surface area contributed by atoms with E-state index in [4.69, 9.17) is 10.5 Å². The van der Waals surface area contributed by atoms with Gasteiger partial charge in [0, 0.05) is 19.6 Å². The summed E-state index contributed by atoms with van der Waals surface area (Å²) in [6, 6.07) is 0. The van der Waals surface area contributed by atoms with Gasteiger partial charge in [-0.05, 0) is 25.2 Å². The Bertz CT molecular complexity index is 698. The van der Waals surface area contributed by atoms with E-state index in [2.05, 4.69) is 15.0 Å². The minimum atomic E-state index is -0.823. The Morgan fingerprint density at radius 3 is 2.90 bits per heavy atom. The molecule has 1 aliphatic heterocycles. The molecule has 112 valence electrons. The van der Waals surface area contributed by atoms with Crippen LogP contribution in [-0.4, -0.2) is 48.7 Å². The second-order valence-electron chi connectivity index (χ2n) is 5.39. The number of aromatic nitrogens is 4. The first-order valence-corrected chi connectivity index (χ1v) is 7.06. The van der Waals surface area contributed by atoms with E-state index >= 15 is 0 Å². The second-order valence-corrected chi connectivity index (χ2v) is 5.39.